The van der Waals surface area contributed by atoms with Crippen molar-refractivity contribution in [3.63, 3.8) is 0 Å². The molecule has 0 amide bonds. The van der Waals surface area contributed by atoms with Crippen LogP contribution in [0.15, 0.2) is 133 Å². The topological polar surface area (TPSA) is 0 Å². The van der Waals surface area contributed by atoms with Gasteiger partial charge in [0.15, 0.2) is 0 Å². The third kappa shape index (κ3) is 13.2. The Morgan fingerprint density at radius 2 is 0.861 bits per heavy atom. The maximum atomic E-state index is 3.06. The van der Waals surface area contributed by atoms with Crippen molar-refractivity contribution in [2.45, 2.75) is 13.8 Å². The maximum Gasteiger partial charge on any atom is -0.0809 e. The van der Waals surface area contributed by atoms with Gasteiger partial charge in [-0.05, 0) is 0 Å². The molecular formula is C32H30Cl2SiZr-4. The van der Waals surface area contributed by atoms with E-state index >= 15 is 0 Å². The Hall–Kier alpha value is -2.22. The van der Waals surface area contributed by atoms with E-state index in [0.29, 0.717) is 0 Å². The van der Waals surface area contributed by atoms with Crippen molar-refractivity contribution in [2.75, 3.05) is 0 Å². The second kappa shape index (κ2) is 20.9. The molecule has 0 N–H and O–H groups in total. The van der Waals surface area contributed by atoms with Gasteiger partial charge in [-0.1, -0.05) is 26.0 Å². The molecule has 0 heterocycles. The summed E-state index contributed by atoms with van der Waals surface area (Å²) in [6.45, 7) is 7.19. The minimum Gasteiger partial charge on any atom is -0.168 e. The monoisotopic (exact) mass is 602 g/mol. The SMILES string of the molecule is Cc1cc[c-]cc1.Cc1cc[c-]cc1.Cl.Cl.[Si]=[Zr].c1ccc2[cH-]ccc2c1.c1ccc2[cH-]ccc2c1. The van der Waals surface area contributed by atoms with Crippen LogP contribution in [0.4, 0.5) is 0 Å². The van der Waals surface area contributed by atoms with E-state index in [2.05, 4.69) is 118 Å². The molecular weight excluding hydrogens is 575 g/mol. The number of benzene rings is 4. The van der Waals surface area contributed by atoms with Crippen LogP contribution in [0.25, 0.3) is 21.5 Å². The quantitative estimate of drug-likeness (QED) is 0.120. The van der Waals surface area contributed by atoms with Crippen LogP contribution in [0.3, 0.4) is 0 Å². The van der Waals surface area contributed by atoms with Crippen LogP contribution >= 0.6 is 24.8 Å². The van der Waals surface area contributed by atoms with Crippen molar-refractivity contribution in [2.24, 2.45) is 0 Å². The van der Waals surface area contributed by atoms with E-state index in [4.69, 9.17) is 0 Å². The summed E-state index contributed by atoms with van der Waals surface area (Å²) in [6.07, 6.45) is 0. The van der Waals surface area contributed by atoms with Crippen molar-refractivity contribution >= 4 is 53.2 Å². The summed E-state index contributed by atoms with van der Waals surface area (Å²) in [5.41, 5.74) is 2.58. The van der Waals surface area contributed by atoms with E-state index in [-0.39, 0.29) is 24.8 Å². The van der Waals surface area contributed by atoms with Gasteiger partial charge in [0.1, 0.15) is 0 Å². The Morgan fingerprint density at radius 1 is 0.528 bits per heavy atom. The van der Waals surface area contributed by atoms with Crippen LogP contribution in [0, 0.1) is 26.0 Å². The predicted octanol–water partition coefficient (Wildman–Crippen LogP) is 9.17. The van der Waals surface area contributed by atoms with Gasteiger partial charge in [0.05, 0.1) is 0 Å². The molecule has 0 unspecified atom stereocenters. The van der Waals surface area contributed by atoms with Crippen LogP contribution < -0.4 is 0 Å². The molecule has 36 heavy (non-hydrogen) atoms. The molecule has 0 aliphatic carbocycles. The van der Waals surface area contributed by atoms with Crippen LogP contribution in [-0.2, 0) is 23.3 Å². The van der Waals surface area contributed by atoms with Crippen molar-refractivity contribution < 1.29 is 23.3 Å². The molecule has 0 spiro atoms. The van der Waals surface area contributed by atoms with Gasteiger partial charge in [0, 0.05) is 0 Å². The van der Waals surface area contributed by atoms with Gasteiger partial charge >= 0.3 is 30.2 Å². The van der Waals surface area contributed by atoms with E-state index in [1.54, 1.807) is 0 Å². The molecule has 6 aromatic carbocycles. The summed E-state index contributed by atoms with van der Waals surface area (Å²) in [5.74, 6) is 0. The van der Waals surface area contributed by atoms with Gasteiger partial charge in [-0.3, -0.25) is 0 Å². The van der Waals surface area contributed by atoms with Crippen LogP contribution in [0.1, 0.15) is 11.1 Å². The van der Waals surface area contributed by atoms with Gasteiger partial charge in [0.2, 0.25) is 0 Å². The smallest absolute Gasteiger partial charge is 0.0809 e. The Bertz CT molecular complexity index is 1150. The van der Waals surface area contributed by atoms with Gasteiger partial charge in [-0.2, -0.15) is 107 Å². The summed E-state index contributed by atoms with van der Waals surface area (Å²) in [7, 11) is 0. The first-order chi connectivity index (χ1) is 16.7. The van der Waals surface area contributed by atoms with E-state index in [9.17, 15) is 0 Å². The predicted molar refractivity (Wildman–Crippen MR) is 159 cm³/mol. The summed E-state index contributed by atoms with van der Waals surface area (Å²) >= 11 is 1.36. The summed E-state index contributed by atoms with van der Waals surface area (Å²) < 4.78 is 0. The number of hydrogen-bond acceptors (Lipinski definition) is 0. The third-order valence-corrected chi connectivity index (χ3v) is 4.86. The van der Waals surface area contributed by atoms with Crippen molar-refractivity contribution in [3.8, 4) is 0 Å². The molecule has 6 aromatic rings. The molecule has 0 nitrogen and oxygen atoms in total. The zero-order valence-electron chi connectivity index (χ0n) is 20.5. The summed E-state index contributed by atoms with van der Waals surface area (Å²) in [4.78, 5) is 0. The second-order valence-corrected chi connectivity index (χ2v) is 7.46. The van der Waals surface area contributed by atoms with Crippen LogP contribution in [-0.4, -0.2) is 6.88 Å². The Morgan fingerprint density at radius 3 is 1.14 bits per heavy atom. The molecule has 0 saturated carbocycles. The Labute approximate surface area is 245 Å². The third-order valence-electron chi connectivity index (χ3n) is 4.86. The first-order valence-corrected chi connectivity index (χ1v) is 15.2. The molecule has 0 bridgehead atoms. The fourth-order valence-corrected chi connectivity index (χ4v) is 3.08. The van der Waals surface area contributed by atoms with Gasteiger partial charge in [0.25, 0.3) is 0 Å². The molecule has 6 rings (SSSR count). The fraction of sp³-hybridized carbons (Fsp3) is 0.0625. The van der Waals surface area contributed by atoms with E-state index in [0.717, 1.165) is 0 Å². The van der Waals surface area contributed by atoms with Gasteiger partial charge < -0.3 is 0 Å². The van der Waals surface area contributed by atoms with Gasteiger partial charge in [-0.15, -0.1) is 84.1 Å². The number of rotatable bonds is 0. The molecule has 0 aromatic heterocycles. The number of hydrogen-bond donors (Lipinski definition) is 0. The zero-order chi connectivity index (χ0) is 24.4. The van der Waals surface area contributed by atoms with Crippen LogP contribution in [0.5, 0.6) is 0 Å². The Balaban J connectivity index is 0.000000439. The number of fused-ring (bicyclic) bond motifs is 2. The standard InChI is InChI=1S/2C9H7.2C7H7.2ClH.Si.Zr/c2*1-2-5-9-7-3-6-8(9)4-1;2*1-7-5-3-2-4-6-7;;;;/h2*1-7H;2*3-6H,1H3;2*1H;;/q4*-1;;;;. The van der Waals surface area contributed by atoms with Gasteiger partial charge in [-0.25, -0.2) is 0 Å². The maximum absolute atomic E-state index is 3.06. The largest absolute Gasteiger partial charge is 0.168 e. The first-order valence-electron chi connectivity index (χ1n) is 11.0. The molecule has 0 fully saturated rings. The molecule has 184 valence electrons. The zero-order valence-corrected chi connectivity index (χ0v) is 25.6. The normalized spacial score (nSPS) is 8.58. The first kappa shape index (κ1) is 33.8. The Kier molecular flexibility index (Phi) is 19.6. The number of halogens is 2. The average molecular weight is 605 g/mol. The molecule has 2 radical (unpaired) electrons. The van der Waals surface area contributed by atoms with Crippen molar-refractivity contribution in [1.29, 1.82) is 0 Å². The summed E-state index contributed by atoms with van der Waals surface area (Å²) in [6, 6.07) is 51.0. The van der Waals surface area contributed by atoms with E-state index < -0.39 is 0 Å². The summed E-state index contributed by atoms with van der Waals surface area (Å²) in [5, 5.41) is 5.32. The van der Waals surface area contributed by atoms with Crippen LogP contribution in [0.2, 0.25) is 0 Å². The minimum absolute atomic E-state index is 0. The number of aryl methyl sites for hydroxylation is 2. The second-order valence-electron chi connectivity index (χ2n) is 7.46. The van der Waals surface area contributed by atoms with E-state index in [1.807, 2.05) is 48.5 Å². The molecule has 0 aliphatic rings. The molecule has 0 saturated heterocycles. The molecule has 0 aliphatic heterocycles. The fourth-order valence-electron chi connectivity index (χ4n) is 3.08. The van der Waals surface area contributed by atoms with Crippen molar-refractivity contribution in [3.05, 3.63) is 157 Å². The van der Waals surface area contributed by atoms with E-state index in [1.165, 1.54) is 56.0 Å². The average Bonchev–Trinajstić information content (AvgIpc) is 3.57. The van der Waals surface area contributed by atoms with Crippen molar-refractivity contribution in [1.82, 2.24) is 0 Å². The molecule has 0 atom stereocenters. The minimum atomic E-state index is 0. The molecule has 4 heteroatoms.